The number of hydrogen-bond donors (Lipinski definition) is 1. The molecule has 2 aliphatic rings. The van der Waals surface area contributed by atoms with E-state index in [0.29, 0.717) is 30.8 Å². The molecule has 8 heteroatoms. The van der Waals surface area contributed by atoms with Crippen molar-refractivity contribution < 1.29 is 17.9 Å². The fourth-order valence-corrected chi connectivity index (χ4v) is 5.97. The van der Waals surface area contributed by atoms with Crippen LogP contribution in [0.4, 0.5) is 5.69 Å². The third-order valence-electron chi connectivity index (χ3n) is 6.36. The Hall–Kier alpha value is -2.89. The van der Waals surface area contributed by atoms with Gasteiger partial charge in [-0.2, -0.15) is 9.57 Å². The zero-order valence-corrected chi connectivity index (χ0v) is 19.1. The largest absolute Gasteiger partial charge is 0.495 e. The first-order valence-corrected chi connectivity index (χ1v) is 12.2. The molecule has 2 aromatic carbocycles. The number of rotatable bonds is 6. The Bertz CT molecular complexity index is 1160. The topological polar surface area (TPSA) is 99.5 Å². The fourth-order valence-electron chi connectivity index (χ4n) is 4.21. The second-order valence-corrected chi connectivity index (χ2v) is 10.5. The number of amides is 1. The van der Waals surface area contributed by atoms with Gasteiger partial charge in [-0.3, -0.25) is 4.79 Å². The number of ether oxygens (including phenoxy) is 1. The molecule has 1 saturated carbocycles. The summed E-state index contributed by atoms with van der Waals surface area (Å²) in [5.74, 6) is -0.341. The van der Waals surface area contributed by atoms with Gasteiger partial charge in [0.1, 0.15) is 10.6 Å². The maximum absolute atomic E-state index is 13.3. The van der Waals surface area contributed by atoms with Gasteiger partial charge >= 0.3 is 0 Å². The average Bonchev–Trinajstić information content (AvgIpc) is 3.61. The standard InChI is InChI=1S/C24H27N3O4S/c1-17-5-10-21(31-2)22(14-17)32(29,30)27-13-3-4-18(15-27)23(28)26-20-8-6-19(7-9-20)24(16-25)11-12-24/h5-10,14,18H,3-4,11-13,15H2,1-2H3,(H,26,28). The van der Waals surface area contributed by atoms with Crippen molar-refractivity contribution >= 4 is 21.6 Å². The predicted molar refractivity (Wildman–Crippen MR) is 121 cm³/mol. The molecule has 4 rings (SSSR count). The van der Waals surface area contributed by atoms with E-state index in [2.05, 4.69) is 11.4 Å². The summed E-state index contributed by atoms with van der Waals surface area (Å²) in [7, 11) is -2.34. The number of sulfonamides is 1. The molecule has 1 N–H and O–H groups in total. The van der Waals surface area contributed by atoms with Crippen molar-refractivity contribution in [2.75, 3.05) is 25.5 Å². The van der Waals surface area contributed by atoms with E-state index < -0.39 is 15.9 Å². The van der Waals surface area contributed by atoms with Gasteiger partial charge in [0.15, 0.2) is 0 Å². The molecular formula is C24H27N3O4S. The van der Waals surface area contributed by atoms with Crippen LogP contribution >= 0.6 is 0 Å². The minimum absolute atomic E-state index is 0.126. The number of benzene rings is 2. The summed E-state index contributed by atoms with van der Waals surface area (Å²) in [5.41, 5.74) is 2.08. The van der Waals surface area contributed by atoms with Crippen molar-refractivity contribution in [3.63, 3.8) is 0 Å². The van der Waals surface area contributed by atoms with E-state index in [-0.39, 0.29) is 22.8 Å². The van der Waals surface area contributed by atoms with Crippen LogP contribution in [0.15, 0.2) is 47.4 Å². The number of anilines is 1. The number of nitriles is 1. The smallest absolute Gasteiger partial charge is 0.246 e. The van der Waals surface area contributed by atoms with Gasteiger partial charge in [0, 0.05) is 18.8 Å². The second kappa shape index (κ2) is 8.57. The molecule has 7 nitrogen and oxygen atoms in total. The molecule has 0 spiro atoms. The third-order valence-corrected chi connectivity index (χ3v) is 8.25. The molecule has 0 aromatic heterocycles. The number of hydrogen-bond acceptors (Lipinski definition) is 5. The first kappa shape index (κ1) is 22.3. The summed E-state index contributed by atoms with van der Waals surface area (Å²) in [4.78, 5) is 13.0. The second-order valence-electron chi connectivity index (χ2n) is 8.62. The quantitative estimate of drug-likeness (QED) is 0.720. The summed E-state index contributed by atoms with van der Waals surface area (Å²) < 4.78 is 33.3. The van der Waals surface area contributed by atoms with Gasteiger partial charge in [-0.1, -0.05) is 18.2 Å². The lowest BCUT2D eigenvalue weighted by Crippen LogP contribution is -2.43. The molecule has 0 radical (unpaired) electrons. The Morgan fingerprint density at radius 3 is 2.56 bits per heavy atom. The summed E-state index contributed by atoms with van der Waals surface area (Å²) in [5, 5.41) is 12.2. The van der Waals surface area contributed by atoms with E-state index in [9.17, 15) is 18.5 Å². The van der Waals surface area contributed by atoms with Gasteiger partial charge in [-0.05, 0) is 68.0 Å². The molecule has 1 aliphatic carbocycles. The van der Waals surface area contributed by atoms with Gasteiger partial charge in [0.25, 0.3) is 0 Å². The Balaban J connectivity index is 1.46. The number of methoxy groups -OCH3 is 1. The zero-order chi connectivity index (χ0) is 22.9. The third kappa shape index (κ3) is 4.23. The summed E-state index contributed by atoms with van der Waals surface area (Å²) in [6.45, 7) is 2.33. The lowest BCUT2D eigenvalue weighted by atomic mass is 9.97. The number of piperidine rings is 1. The highest BCUT2D eigenvalue weighted by atomic mass is 32.2. The lowest BCUT2D eigenvalue weighted by Gasteiger charge is -2.31. The van der Waals surface area contributed by atoms with E-state index in [1.165, 1.54) is 11.4 Å². The Morgan fingerprint density at radius 1 is 1.22 bits per heavy atom. The van der Waals surface area contributed by atoms with Crippen molar-refractivity contribution in [1.29, 1.82) is 5.26 Å². The highest BCUT2D eigenvalue weighted by Crippen LogP contribution is 2.47. The van der Waals surface area contributed by atoms with Crippen LogP contribution in [0.5, 0.6) is 5.75 Å². The van der Waals surface area contributed by atoms with Crippen LogP contribution in [0.1, 0.15) is 36.8 Å². The molecule has 1 saturated heterocycles. The molecule has 32 heavy (non-hydrogen) atoms. The van der Waals surface area contributed by atoms with Crippen LogP contribution < -0.4 is 10.1 Å². The Kier molecular flexibility index (Phi) is 5.97. The Morgan fingerprint density at radius 2 is 1.94 bits per heavy atom. The average molecular weight is 454 g/mol. The predicted octanol–water partition coefficient (Wildman–Crippen LogP) is 3.60. The van der Waals surface area contributed by atoms with E-state index in [1.807, 2.05) is 19.1 Å². The normalized spacial score (nSPS) is 20.2. The molecule has 1 heterocycles. The zero-order valence-electron chi connectivity index (χ0n) is 18.3. The van der Waals surface area contributed by atoms with Crippen molar-refractivity contribution in [3.8, 4) is 11.8 Å². The number of carbonyl (C=O) groups excluding carboxylic acids is 1. The van der Waals surface area contributed by atoms with Crippen LogP contribution in [-0.2, 0) is 20.2 Å². The fraction of sp³-hybridized carbons (Fsp3) is 0.417. The number of carbonyl (C=O) groups is 1. The van der Waals surface area contributed by atoms with Gasteiger partial charge in [-0.25, -0.2) is 8.42 Å². The van der Waals surface area contributed by atoms with E-state index in [1.54, 1.807) is 30.3 Å². The van der Waals surface area contributed by atoms with Gasteiger partial charge in [0.05, 0.1) is 24.5 Å². The maximum atomic E-state index is 13.3. The van der Waals surface area contributed by atoms with Gasteiger partial charge < -0.3 is 10.1 Å². The molecule has 1 atom stereocenters. The SMILES string of the molecule is COc1ccc(C)cc1S(=O)(=O)N1CCCC(C(=O)Nc2ccc(C3(C#N)CC3)cc2)C1. The van der Waals surface area contributed by atoms with Crippen LogP contribution in [-0.4, -0.2) is 38.8 Å². The first-order chi connectivity index (χ1) is 15.3. The first-order valence-electron chi connectivity index (χ1n) is 10.8. The number of nitrogens with one attached hydrogen (secondary N) is 1. The van der Waals surface area contributed by atoms with Gasteiger partial charge in [0.2, 0.25) is 15.9 Å². The van der Waals surface area contributed by atoms with E-state index in [4.69, 9.17) is 4.74 Å². The van der Waals surface area contributed by atoms with Crippen LogP contribution in [0.3, 0.4) is 0 Å². The summed E-state index contributed by atoms with van der Waals surface area (Å²) >= 11 is 0. The van der Waals surface area contributed by atoms with Crippen LogP contribution in [0.25, 0.3) is 0 Å². The number of aryl methyl sites for hydroxylation is 1. The van der Waals surface area contributed by atoms with Crippen molar-refractivity contribution in [2.24, 2.45) is 5.92 Å². The van der Waals surface area contributed by atoms with E-state index >= 15 is 0 Å². The van der Waals surface area contributed by atoms with Crippen LogP contribution in [0.2, 0.25) is 0 Å². The molecule has 2 aromatic rings. The molecule has 168 valence electrons. The molecule has 1 aliphatic heterocycles. The monoisotopic (exact) mass is 453 g/mol. The summed E-state index contributed by atoms with van der Waals surface area (Å²) in [6.07, 6.45) is 2.97. The molecule has 0 bridgehead atoms. The molecular weight excluding hydrogens is 426 g/mol. The van der Waals surface area contributed by atoms with E-state index in [0.717, 1.165) is 24.0 Å². The lowest BCUT2D eigenvalue weighted by molar-refractivity contribution is -0.120. The van der Waals surface area contributed by atoms with Crippen LogP contribution in [0, 0.1) is 24.2 Å². The van der Waals surface area contributed by atoms with Crippen molar-refractivity contribution in [3.05, 3.63) is 53.6 Å². The highest BCUT2D eigenvalue weighted by molar-refractivity contribution is 7.89. The Labute approximate surface area is 189 Å². The van der Waals surface area contributed by atoms with Crippen molar-refractivity contribution in [1.82, 2.24) is 4.31 Å². The maximum Gasteiger partial charge on any atom is 0.246 e. The minimum Gasteiger partial charge on any atom is -0.495 e. The summed E-state index contributed by atoms with van der Waals surface area (Å²) in [6, 6.07) is 14.8. The molecule has 1 unspecified atom stereocenters. The highest BCUT2D eigenvalue weighted by Gasteiger charge is 2.44. The minimum atomic E-state index is -3.79. The number of nitrogens with zero attached hydrogens (tertiary/aromatic N) is 2. The van der Waals surface area contributed by atoms with Crippen molar-refractivity contribution in [2.45, 2.75) is 42.9 Å². The molecule has 2 fully saturated rings. The van der Waals surface area contributed by atoms with Gasteiger partial charge in [-0.15, -0.1) is 0 Å². The molecule has 1 amide bonds.